The molecule has 1 aromatic rings. The summed E-state index contributed by atoms with van der Waals surface area (Å²) in [6.07, 6.45) is -5.12. The summed E-state index contributed by atoms with van der Waals surface area (Å²) >= 11 is 0. The summed E-state index contributed by atoms with van der Waals surface area (Å²) in [6.45, 7) is 1.48. The van der Waals surface area contributed by atoms with Gasteiger partial charge < -0.3 is 10.6 Å². The highest BCUT2D eigenvalue weighted by Crippen LogP contribution is 2.27. The maximum absolute atomic E-state index is 13.1. The zero-order valence-corrected chi connectivity index (χ0v) is 10.3. The first kappa shape index (κ1) is 14.8. The molecule has 0 saturated carbocycles. The zero-order valence-electron chi connectivity index (χ0n) is 10.3. The summed E-state index contributed by atoms with van der Waals surface area (Å²) in [5, 5.41) is 0. The molecule has 0 unspecified atom stereocenters. The van der Waals surface area contributed by atoms with Crippen LogP contribution in [0.25, 0.3) is 0 Å². The van der Waals surface area contributed by atoms with Crippen LogP contribution in [-0.4, -0.2) is 19.8 Å². The van der Waals surface area contributed by atoms with E-state index in [1.807, 2.05) is 0 Å². The van der Waals surface area contributed by atoms with Gasteiger partial charge in [-0.15, -0.1) is 0 Å². The first-order valence-electron chi connectivity index (χ1n) is 5.53. The van der Waals surface area contributed by atoms with E-state index in [2.05, 4.69) is 0 Å². The summed E-state index contributed by atoms with van der Waals surface area (Å²) in [6, 6.07) is 3.48. The number of anilines is 1. The third kappa shape index (κ3) is 4.18. The molecule has 0 aliphatic rings. The first-order valence-corrected chi connectivity index (χ1v) is 5.53. The highest BCUT2D eigenvalue weighted by atomic mass is 19.4. The van der Waals surface area contributed by atoms with Crippen LogP contribution < -0.4 is 10.6 Å². The molecule has 2 nitrogen and oxygen atoms in total. The SMILES string of the molecule is C[C@@H](N)c1cc(F)ccc1N(C)CCC(F)(F)F. The van der Waals surface area contributed by atoms with Crippen molar-refractivity contribution in [2.45, 2.75) is 25.6 Å². The van der Waals surface area contributed by atoms with Crippen LogP contribution in [-0.2, 0) is 0 Å². The van der Waals surface area contributed by atoms with E-state index in [0.29, 0.717) is 11.3 Å². The molecule has 6 heteroatoms. The summed E-state index contributed by atoms with van der Waals surface area (Å²) in [5.74, 6) is -0.449. The van der Waals surface area contributed by atoms with Gasteiger partial charge in [-0.2, -0.15) is 13.2 Å². The molecule has 0 radical (unpaired) electrons. The summed E-state index contributed by atoms with van der Waals surface area (Å²) in [7, 11) is 1.53. The van der Waals surface area contributed by atoms with Crippen LogP contribution in [0.4, 0.5) is 23.2 Å². The Balaban J connectivity index is 2.88. The number of hydrogen-bond donors (Lipinski definition) is 1. The van der Waals surface area contributed by atoms with Crippen molar-refractivity contribution in [1.29, 1.82) is 0 Å². The molecule has 0 aromatic heterocycles. The standard InChI is InChI=1S/C12H16F4N2/c1-8(17)10-7-9(13)3-4-11(10)18(2)6-5-12(14,15)16/h3-4,7-8H,5-6,17H2,1-2H3/t8-/m1/s1. The Hall–Kier alpha value is -1.30. The van der Waals surface area contributed by atoms with Gasteiger partial charge in [-0.25, -0.2) is 4.39 Å². The second-order valence-corrected chi connectivity index (χ2v) is 4.28. The van der Waals surface area contributed by atoms with Gasteiger partial charge in [0.05, 0.1) is 6.42 Å². The van der Waals surface area contributed by atoms with Crippen LogP contribution >= 0.6 is 0 Å². The fourth-order valence-corrected chi connectivity index (χ4v) is 1.65. The number of benzene rings is 1. The quantitative estimate of drug-likeness (QED) is 0.846. The number of halogens is 4. The summed E-state index contributed by atoms with van der Waals surface area (Å²) < 4.78 is 49.5. The van der Waals surface area contributed by atoms with E-state index in [0.717, 1.165) is 0 Å². The highest BCUT2D eigenvalue weighted by molar-refractivity contribution is 5.54. The lowest BCUT2D eigenvalue weighted by Gasteiger charge is -2.24. The van der Waals surface area contributed by atoms with Crippen LogP contribution in [0.1, 0.15) is 24.9 Å². The minimum Gasteiger partial charge on any atom is -0.374 e. The van der Waals surface area contributed by atoms with E-state index < -0.39 is 24.5 Å². The molecule has 1 atom stereocenters. The molecule has 102 valence electrons. The number of nitrogens with zero attached hydrogens (tertiary/aromatic N) is 1. The molecule has 1 aromatic carbocycles. The summed E-state index contributed by atoms with van der Waals surface area (Å²) in [5.41, 5.74) is 6.71. The van der Waals surface area contributed by atoms with Crippen molar-refractivity contribution in [1.82, 2.24) is 0 Å². The monoisotopic (exact) mass is 264 g/mol. The van der Waals surface area contributed by atoms with Crippen LogP contribution in [0, 0.1) is 5.82 Å². The lowest BCUT2D eigenvalue weighted by atomic mass is 10.1. The molecular formula is C12H16F4N2. The molecule has 0 aliphatic heterocycles. The van der Waals surface area contributed by atoms with Gasteiger partial charge in [-0.3, -0.25) is 0 Å². The van der Waals surface area contributed by atoms with Crippen LogP contribution in [0.5, 0.6) is 0 Å². The minimum absolute atomic E-state index is 0.186. The van der Waals surface area contributed by atoms with Gasteiger partial charge in [0.2, 0.25) is 0 Å². The number of hydrogen-bond acceptors (Lipinski definition) is 2. The maximum Gasteiger partial charge on any atom is 0.390 e. The van der Waals surface area contributed by atoms with Crippen molar-refractivity contribution < 1.29 is 17.6 Å². The molecule has 0 bridgehead atoms. The van der Waals surface area contributed by atoms with Gasteiger partial charge in [-0.05, 0) is 30.7 Å². The number of alkyl halides is 3. The van der Waals surface area contributed by atoms with E-state index in [-0.39, 0.29) is 6.54 Å². The Morgan fingerprint density at radius 3 is 2.44 bits per heavy atom. The Morgan fingerprint density at radius 2 is 1.94 bits per heavy atom. The topological polar surface area (TPSA) is 29.3 Å². The predicted octanol–water partition coefficient (Wildman–Crippen LogP) is 3.23. The smallest absolute Gasteiger partial charge is 0.374 e. The lowest BCUT2D eigenvalue weighted by molar-refractivity contribution is -0.132. The van der Waals surface area contributed by atoms with Crippen molar-refractivity contribution >= 4 is 5.69 Å². The van der Waals surface area contributed by atoms with E-state index in [1.165, 1.54) is 30.1 Å². The normalized spacial score (nSPS) is 13.5. The molecule has 0 spiro atoms. The second-order valence-electron chi connectivity index (χ2n) is 4.28. The third-order valence-electron chi connectivity index (χ3n) is 2.62. The molecule has 0 fully saturated rings. The highest BCUT2D eigenvalue weighted by Gasteiger charge is 2.27. The van der Waals surface area contributed by atoms with Crippen molar-refractivity contribution in [2.75, 3.05) is 18.5 Å². The molecule has 1 rings (SSSR count). The largest absolute Gasteiger partial charge is 0.390 e. The number of rotatable bonds is 4. The number of nitrogens with two attached hydrogens (primary N) is 1. The van der Waals surface area contributed by atoms with Gasteiger partial charge >= 0.3 is 6.18 Å². The average molecular weight is 264 g/mol. The Morgan fingerprint density at radius 1 is 1.33 bits per heavy atom. The Labute approximate surface area is 103 Å². The van der Waals surface area contributed by atoms with Crippen molar-refractivity contribution in [3.8, 4) is 0 Å². The van der Waals surface area contributed by atoms with Crippen molar-refractivity contribution in [3.05, 3.63) is 29.6 Å². The van der Waals surface area contributed by atoms with E-state index in [1.54, 1.807) is 6.92 Å². The van der Waals surface area contributed by atoms with E-state index >= 15 is 0 Å². The molecule has 0 saturated heterocycles. The van der Waals surface area contributed by atoms with Crippen molar-refractivity contribution in [2.24, 2.45) is 5.73 Å². The molecule has 0 heterocycles. The van der Waals surface area contributed by atoms with Crippen LogP contribution in [0.3, 0.4) is 0 Å². The van der Waals surface area contributed by atoms with Gasteiger partial charge in [0.15, 0.2) is 0 Å². The maximum atomic E-state index is 13.1. The fraction of sp³-hybridized carbons (Fsp3) is 0.500. The molecule has 18 heavy (non-hydrogen) atoms. The van der Waals surface area contributed by atoms with E-state index in [9.17, 15) is 17.6 Å². The molecule has 0 aliphatic carbocycles. The zero-order chi connectivity index (χ0) is 13.9. The lowest BCUT2D eigenvalue weighted by Crippen LogP contribution is -2.26. The van der Waals surface area contributed by atoms with Crippen LogP contribution in [0.15, 0.2) is 18.2 Å². The molecular weight excluding hydrogens is 248 g/mol. The minimum atomic E-state index is -4.21. The second kappa shape index (κ2) is 5.56. The molecule has 2 N–H and O–H groups in total. The van der Waals surface area contributed by atoms with Gasteiger partial charge in [-0.1, -0.05) is 0 Å². The first-order chi connectivity index (χ1) is 8.20. The fourth-order valence-electron chi connectivity index (χ4n) is 1.65. The van der Waals surface area contributed by atoms with E-state index in [4.69, 9.17) is 5.73 Å². The third-order valence-corrected chi connectivity index (χ3v) is 2.62. The van der Waals surface area contributed by atoms with Gasteiger partial charge in [0, 0.05) is 25.3 Å². The molecule has 0 amide bonds. The van der Waals surface area contributed by atoms with Crippen molar-refractivity contribution in [3.63, 3.8) is 0 Å². The van der Waals surface area contributed by atoms with Gasteiger partial charge in [0.1, 0.15) is 5.82 Å². The van der Waals surface area contributed by atoms with Gasteiger partial charge in [0.25, 0.3) is 0 Å². The Kier molecular flexibility index (Phi) is 4.56. The average Bonchev–Trinajstić information content (AvgIpc) is 2.24. The predicted molar refractivity (Wildman–Crippen MR) is 62.9 cm³/mol. The summed E-state index contributed by atoms with van der Waals surface area (Å²) in [4.78, 5) is 1.44. The Bertz CT molecular complexity index is 402. The van der Waals surface area contributed by atoms with Crippen LogP contribution in [0.2, 0.25) is 0 Å².